The highest BCUT2D eigenvalue weighted by molar-refractivity contribution is 7.18. The van der Waals surface area contributed by atoms with Gasteiger partial charge in [-0.2, -0.15) is 0 Å². The van der Waals surface area contributed by atoms with Gasteiger partial charge in [-0.05, 0) is 38.1 Å². The molecular weight excluding hydrogens is 369 g/mol. The molecule has 0 unspecified atom stereocenters. The molecule has 2 heterocycles. The molecule has 0 atom stereocenters. The Labute approximate surface area is 151 Å². The fraction of sp³-hybridized carbons (Fsp3) is 0.188. The first kappa shape index (κ1) is 17.0. The molecule has 0 spiro atoms. The van der Waals surface area contributed by atoms with Gasteiger partial charge in [0, 0.05) is 9.90 Å². The number of carbonyl (C=O) groups excluding carboxylic acids is 1. The maximum Gasteiger partial charge on any atom is 0.262 e. The number of amides is 1. The number of rotatable bonds is 3. The van der Waals surface area contributed by atoms with Crippen LogP contribution in [0.1, 0.15) is 10.7 Å². The number of thiophene rings is 1. The molecule has 1 amide bonds. The summed E-state index contributed by atoms with van der Waals surface area (Å²) >= 11 is 13.4. The molecule has 2 aromatic heterocycles. The molecule has 24 heavy (non-hydrogen) atoms. The molecule has 0 bridgehead atoms. The van der Waals surface area contributed by atoms with Crippen molar-refractivity contribution in [1.82, 2.24) is 9.55 Å². The second kappa shape index (κ2) is 6.55. The number of aryl methyl sites for hydroxylation is 2. The van der Waals surface area contributed by atoms with Gasteiger partial charge in [0.15, 0.2) is 0 Å². The number of fused-ring (bicyclic) bond motifs is 1. The van der Waals surface area contributed by atoms with E-state index in [1.807, 2.05) is 6.92 Å². The number of aromatic nitrogens is 2. The average molecular weight is 382 g/mol. The van der Waals surface area contributed by atoms with Crippen LogP contribution in [0.3, 0.4) is 0 Å². The predicted molar refractivity (Wildman–Crippen MR) is 98.4 cm³/mol. The average Bonchev–Trinajstić information content (AvgIpc) is 2.88. The lowest BCUT2D eigenvalue weighted by Crippen LogP contribution is -2.29. The highest BCUT2D eigenvalue weighted by atomic mass is 35.5. The largest absolute Gasteiger partial charge is 0.323 e. The molecule has 0 aliphatic heterocycles. The summed E-state index contributed by atoms with van der Waals surface area (Å²) in [6, 6.07) is 6.57. The highest BCUT2D eigenvalue weighted by Gasteiger charge is 2.14. The molecule has 0 aliphatic rings. The van der Waals surface area contributed by atoms with Crippen LogP contribution in [0.25, 0.3) is 10.2 Å². The summed E-state index contributed by atoms with van der Waals surface area (Å²) < 4.78 is 1.35. The van der Waals surface area contributed by atoms with E-state index in [-0.39, 0.29) is 18.0 Å². The van der Waals surface area contributed by atoms with Crippen LogP contribution in [-0.4, -0.2) is 15.5 Å². The Morgan fingerprint density at radius 3 is 2.79 bits per heavy atom. The molecule has 3 aromatic rings. The number of anilines is 1. The van der Waals surface area contributed by atoms with Crippen molar-refractivity contribution in [2.24, 2.45) is 0 Å². The second-order valence-corrected chi connectivity index (χ2v) is 7.38. The molecule has 8 heteroatoms. The van der Waals surface area contributed by atoms with Crippen molar-refractivity contribution in [3.63, 3.8) is 0 Å². The Morgan fingerprint density at radius 1 is 1.29 bits per heavy atom. The van der Waals surface area contributed by atoms with Gasteiger partial charge in [0.05, 0.1) is 16.1 Å². The van der Waals surface area contributed by atoms with Crippen LogP contribution < -0.4 is 10.9 Å². The van der Waals surface area contributed by atoms with E-state index in [1.54, 1.807) is 31.2 Å². The van der Waals surface area contributed by atoms with Crippen LogP contribution >= 0.6 is 34.5 Å². The lowest BCUT2D eigenvalue weighted by atomic mass is 10.3. The molecule has 3 rings (SSSR count). The molecule has 0 fully saturated rings. The highest BCUT2D eigenvalue weighted by Crippen LogP contribution is 2.25. The van der Waals surface area contributed by atoms with Crippen LogP contribution in [0.15, 0.2) is 29.1 Å². The minimum atomic E-state index is -0.377. The summed E-state index contributed by atoms with van der Waals surface area (Å²) in [6.07, 6.45) is 0. The molecular formula is C16H13Cl2N3O2S. The second-order valence-electron chi connectivity index (χ2n) is 5.30. The van der Waals surface area contributed by atoms with Gasteiger partial charge >= 0.3 is 0 Å². The molecule has 0 saturated heterocycles. The van der Waals surface area contributed by atoms with Crippen LogP contribution in [0.4, 0.5) is 5.69 Å². The number of nitrogens with zero attached hydrogens (tertiary/aromatic N) is 2. The monoisotopic (exact) mass is 381 g/mol. The smallest absolute Gasteiger partial charge is 0.262 e. The van der Waals surface area contributed by atoms with E-state index in [0.717, 1.165) is 4.88 Å². The number of carbonyl (C=O) groups is 1. The summed E-state index contributed by atoms with van der Waals surface area (Å²) in [5, 5.41) is 4.02. The van der Waals surface area contributed by atoms with Gasteiger partial charge in [-0.1, -0.05) is 23.2 Å². The zero-order valence-electron chi connectivity index (χ0n) is 12.9. The fourth-order valence-corrected chi connectivity index (χ4v) is 3.60. The molecule has 1 N–H and O–H groups in total. The first-order chi connectivity index (χ1) is 11.3. The van der Waals surface area contributed by atoms with E-state index in [9.17, 15) is 9.59 Å². The van der Waals surface area contributed by atoms with Crippen molar-refractivity contribution >= 4 is 56.3 Å². The third kappa shape index (κ3) is 3.31. The molecule has 1 aromatic carbocycles. The van der Waals surface area contributed by atoms with Crippen molar-refractivity contribution in [1.29, 1.82) is 0 Å². The van der Waals surface area contributed by atoms with Crippen molar-refractivity contribution in [3.8, 4) is 0 Å². The topological polar surface area (TPSA) is 64.0 Å². The molecule has 0 aliphatic carbocycles. The maximum atomic E-state index is 12.6. The zero-order chi connectivity index (χ0) is 17.4. The Balaban J connectivity index is 1.90. The third-order valence-electron chi connectivity index (χ3n) is 3.47. The molecule has 124 valence electrons. The Hall–Kier alpha value is -1.89. The van der Waals surface area contributed by atoms with Crippen LogP contribution in [0, 0.1) is 13.8 Å². The van der Waals surface area contributed by atoms with Crippen molar-refractivity contribution < 1.29 is 4.79 Å². The number of halogens is 2. The van der Waals surface area contributed by atoms with Crippen molar-refractivity contribution in [2.75, 3.05) is 5.32 Å². The Morgan fingerprint density at radius 2 is 2.04 bits per heavy atom. The molecule has 5 nitrogen and oxygen atoms in total. The van der Waals surface area contributed by atoms with Gasteiger partial charge in [0.1, 0.15) is 17.2 Å². The molecule has 0 radical (unpaired) electrons. The van der Waals surface area contributed by atoms with Crippen molar-refractivity contribution in [3.05, 3.63) is 55.4 Å². The first-order valence-electron chi connectivity index (χ1n) is 7.07. The van der Waals surface area contributed by atoms with E-state index in [4.69, 9.17) is 23.2 Å². The van der Waals surface area contributed by atoms with E-state index >= 15 is 0 Å². The maximum absolute atomic E-state index is 12.6. The van der Waals surface area contributed by atoms with Crippen LogP contribution in [0.2, 0.25) is 10.0 Å². The van der Waals surface area contributed by atoms with Gasteiger partial charge in [0.2, 0.25) is 5.91 Å². The third-order valence-corrected chi connectivity index (χ3v) is 4.98. The standard InChI is InChI=1S/C16H13Cl2N3O2S/c1-8-5-11-15(24-8)19-9(2)21(16(11)23)7-14(22)20-13-6-10(17)3-4-12(13)18/h3-6H,7H2,1-2H3,(H,20,22). The van der Waals surface area contributed by atoms with Crippen LogP contribution in [-0.2, 0) is 11.3 Å². The predicted octanol–water partition coefficient (Wildman–Crippen LogP) is 4.02. The minimum absolute atomic E-state index is 0.147. The SMILES string of the molecule is Cc1cc2c(=O)n(CC(=O)Nc3cc(Cl)ccc3Cl)c(C)nc2s1. The summed E-state index contributed by atoms with van der Waals surface area (Å²) in [6.45, 7) is 3.47. The minimum Gasteiger partial charge on any atom is -0.323 e. The summed E-state index contributed by atoms with van der Waals surface area (Å²) in [7, 11) is 0. The number of hydrogen-bond acceptors (Lipinski definition) is 4. The zero-order valence-corrected chi connectivity index (χ0v) is 15.2. The van der Waals surface area contributed by atoms with E-state index < -0.39 is 0 Å². The number of benzene rings is 1. The summed E-state index contributed by atoms with van der Waals surface area (Å²) in [5.74, 6) is 0.110. The van der Waals surface area contributed by atoms with Crippen molar-refractivity contribution in [2.45, 2.75) is 20.4 Å². The van der Waals surface area contributed by atoms with E-state index in [1.165, 1.54) is 15.9 Å². The molecule has 0 saturated carbocycles. The normalized spacial score (nSPS) is 11.0. The number of hydrogen-bond donors (Lipinski definition) is 1. The van der Waals surface area contributed by atoms with Crippen LogP contribution in [0.5, 0.6) is 0 Å². The van der Waals surface area contributed by atoms with Gasteiger partial charge < -0.3 is 5.32 Å². The number of nitrogens with one attached hydrogen (secondary N) is 1. The lowest BCUT2D eigenvalue weighted by Gasteiger charge is -2.11. The van der Waals surface area contributed by atoms with Gasteiger partial charge in [0.25, 0.3) is 5.56 Å². The first-order valence-corrected chi connectivity index (χ1v) is 8.65. The fourth-order valence-electron chi connectivity index (χ4n) is 2.35. The summed E-state index contributed by atoms with van der Waals surface area (Å²) in [4.78, 5) is 31.0. The Kier molecular flexibility index (Phi) is 4.62. The summed E-state index contributed by atoms with van der Waals surface area (Å²) in [5.41, 5.74) is 0.175. The van der Waals surface area contributed by atoms with E-state index in [0.29, 0.717) is 31.8 Å². The Bertz CT molecular complexity index is 1010. The van der Waals surface area contributed by atoms with Gasteiger partial charge in [-0.15, -0.1) is 11.3 Å². The van der Waals surface area contributed by atoms with Gasteiger partial charge in [-0.25, -0.2) is 4.98 Å². The quantitative estimate of drug-likeness (QED) is 0.744. The lowest BCUT2D eigenvalue weighted by molar-refractivity contribution is -0.116. The van der Waals surface area contributed by atoms with E-state index in [2.05, 4.69) is 10.3 Å². The van der Waals surface area contributed by atoms with Gasteiger partial charge in [-0.3, -0.25) is 14.2 Å².